The Kier molecular flexibility index (Phi) is 9.19. The summed E-state index contributed by atoms with van der Waals surface area (Å²) in [6, 6.07) is 18.5. The maximum Gasteiger partial charge on any atom is 0.277 e. The summed E-state index contributed by atoms with van der Waals surface area (Å²) < 4.78 is 18.7. The molecule has 166 valence electrons. The normalized spacial score (nSPS) is 10.8. The van der Waals surface area contributed by atoms with Crippen LogP contribution in [-0.2, 0) is 11.4 Å². The molecule has 0 radical (unpaired) electrons. The third-order valence-electron chi connectivity index (χ3n) is 4.15. The third kappa shape index (κ3) is 7.11. The van der Waals surface area contributed by atoms with E-state index in [4.69, 9.17) is 25.8 Å². The molecule has 0 fully saturated rings. The molecule has 1 N–H and O–H groups in total. The lowest BCUT2D eigenvalue weighted by Gasteiger charge is -2.13. The third-order valence-corrected chi connectivity index (χ3v) is 5.79. The maximum atomic E-state index is 12.0. The minimum absolute atomic E-state index is 0.204. The van der Waals surface area contributed by atoms with Crippen molar-refractivity contribution in [1.29, 1.82) is 0 Å². The highest BCUT2D eigenvalue weighted by atomic mass is 127. The number of hydrogen-bond acceptors (Lipinski definition) is 5. The van der Waals surface area contributed by atoms with Gasteiger partial charge in [0, 0.05) is 4.47 Å². The first kappa shape index (κ1) is 24.3. The molecule has 3 aromatic carbocycles. The minimum atomic E-state index is -0.405. The smallest absolute Gasteiger partial charge is 0.277 e. The highest BCUT2D eigenvalue weighted by Gasteiger charge is 2.12. The molecule has 0 aromatic heterocycles. The first-order valence-electron chi connectivity index (χ1n) is 9.40. The van der Waals surface area contributed by atoms with Crippen LogP contribution in [0.5, 0.6) is 17.2 Å². The number of benzene rings is 3. The van der Waals surface area contributed by atoms with Crippen molar-refractivity contribution >= 4 is 62.2 Å². The van der Waals surface area contributed by atoms with Gasteiger partial charge in [0.25, 0.3) is 5.91 Å². The number of halogens is 3. The molecule has 0 aliphatic rings. The van der Waals surface area contributed by atoms with Gasteiger partial charge in [-0.2, -0.15) is 5.10 Å². The number of rotatable bonds is 9. The SMILES string of the molecule is COc1cc(/C=N\NC(=O)COc2ccccc2Cl)cc(I)c1OCc1ccc(Br)cc1. The van der Waals surface area contributed by atoms with E-state index in [2.05, 4.69) is 49.0 Å². The number of carbonyl (C=O) groups is 1. The summed E-state index contributed by atoms with van der Waals surface area (Å²) in [6.07, 6.45) is 1.52. The van der Waals surface area contributed by atoms with Gasteiger partial charge in [-0.25, -0.2) is 5.43 Å². The molecular weight excluding hydrogens is 611 g/mol. The van der Waals surface area contributed by atoms with Gasteiger partial charge in [-0.15, -0.1) is 0 Å². The number of ether oxygens (including phenoxy) is 3. The topological polar surface area (TPSA) is 69.2 Å². The zero-order valence-electron chi connectivity index (χ0n) is 17.0. The van der Waals surface area contributed by atoms with Crippen LogP contribution in [0.4, 0.5) is 0 Å². The second kappa shape index (κ2) is 12.1. The number of para-hydroxylation sites is 1. The van der Waals surface area contributed by atoms with E-state index in [0.717, 1.165) is 19.2 Å². The zero-order chi connectivity index (χ0) is 22.9. The molecule has 0 spiro atoms. The van der Waals surface area contributed by atoms with Crippen molar-refractivity contribution in [3.8, 4) is 17.2 Å². The molecule has 9 heteroatoms. The molecule has 0 aliphatic carbocycles. The van der Waals surface area contributed by atoms with E-state index in [1.807, 2.05) is 30.3 Å². The van der Waals surface area contributed by atoms with E-state index in [-0.39, 0.29) is 6.61 Å². The van der Waals surface area contributed by atoms with Crippen molar-refractivity contribution in [2.75, 3.05) is 13.7 Å². The maximum absolute atomic E-state index is 12.0. The average Bonchev–Trinajstić information content (AvgIpc) is 2.78. The van der Waals surface area contributed by atoms with Gasteiger partial charge in [0.2, 0.25) is 0 Å². The average molecular weight is 630 g/mol. The van der Waals surface area contributed by atoms with E-state index >= 15 is 0 Å². The largest absolute Gasteiger partial charge is 0.493 e. The van der Waals surface area contributed by atoms with E-state index in [0.29, 0.717) is 28.9 Å². The fraction of sp³-hybridized carbons (Fsp3) is 0.130. The van der Waals surface area contributed by atoms with Crippen molar-refractivity contribution in [1.82, 2.24) is 5.43 Å². The Morgan fingerprint density at radius 2 is 1.88 bits per heavy atom. The van der Waals surface area contributed by atoms with Gasteiger partial charge in [-0.05, 0) is 70.1 Å². The van der Waals surface area contributed by atoms with E-state index < -0.39 is 5.91 Å². The highest BCUT2D eigenvalue weighted by molar-refractivity contribution is 14.1. The Labute approximate surface area is 213 Å². The summed E-state index contributed by atoms with van der Waals surface area (Å²) in [6.45, 7) is 0.208. The predicted molar refractivity (Wildman–Crippen MR) is 137 cm³/mol. The van der Waals surface area contributed by atoms with Gasteiger partial charge in [0.05, 0.1) is 21.9 Å². The number of hydrazone groups is 1. The molecule has 1 amide bonds. The molecule has 0 aliphatic heterocycles. The molecule has 6 nitrogen and oxygen atoms in total. The van der Waals surface area contributed by atoms with Crippen molar-refractivity contribution in [2.45, 2.75) is 6.61 Å². The Bertz CT molecular complexity index is 1110. The van der Waals surface area contributed by atoms with E-state index in [1.165, 1.54) is 6.21 Å². The summed E-state index contributed by atoms with van der Waals surface area (Å²) in [4.78, 5) is 12.0. The van der Waals surface area contributed by atoms with Crippen LogP contribution in [0.3, 0.4) is 0 Å². The van der Waals surface area contributed by atoms with Crippen LogP contribution >= 0.6 is 50.1 Å². The van der Waals surface area contributed by atoms with Gasteiger partial charge in [0.1, 0.15) is 12.4 Å². The fourth-order valence-electron chi connectivity index (χ4n) is 2.61. The fourth-order valence-corrected chi connectivity index (χ4v) is 3.84. The van der Waals surface area contributed by atoms with Gasteiger partial charge in [-0.3, -0.25) is 4.79 Å². The van der Waals surface area contributed by atoms with Crippen LogP contribution < -0.4 is 19.6 Å². The molecule has 0 heterocycles. The molecule has 0 saturated heterocycles. The van der Waals surface area contributed by atoms with Crippen LogP contribution in [0.25, 0.3) is 0 Å². The molecular formula is C23H19BrClIN2O4. The van der Waals surface area contributed by atoms with Gasteiger partial charge in [0.15, 0.2) is 18.1 Å². The Morgan fingerprint density at radius 3 is 2.59 bits per heavy atom. The molecule has 3 rings (SSSR count). The molecule has 0 bridgehead atoms. The summed E-state index contributed by atoms with van der Waals surface area (Å²) in [5.74, 6) is 1.25. The minimum Gasteiger partial charge on any atom is -0.493 e. The number of methoxy groups -OCH3 is 1. The summed E-state index contributed by atoms with van der Waals surface area (Å²) >= 11 is 11.6. The summed E-state index contributed by atoms with van der Waals surface area (Å²) in [7, 11) is 1.58. The number of nitrogens with zero attached hydrogens (tertiary/aromatic N) is 1. The zero-order valence-corrected chi connectivity index (χ0v) is 21.5. The van der Waals surface area contributed by atoms with E-state index in [9.17, 15) is 4.79 Å². The Balaban J connectivity index is 1.58. The van der Waals surface area contributed by atoms with Crippen LogP contribution in [0.2, 0.25) is 5.02 Å². The lowest BCUT2D eigenvalue weighted by atomic mass is 10.2. The summed E-state index contributed by atoms with van der Waals surface area (Å²) in [5.41, 5.74) is 4.21. The van der Waals surface area contributed by atoms with Crippen molar-refractivity contribution < 1.29 is 19.0 Å². The molecule has 32 heavy (non-hydrogen) atoms. The molecule has 0 unspecified atom stereocenters. The van der Waals surface area contributed by atoms with Gasteiger partial charge in [-0.1, -0.05) is 51.8 Å². The Morgan fingerprint density at radius 1 is 1.12 bits per heavy atom. The second-order valence-corrected chi connectivity index (χ2v) is 8.95. The van der Waals surface area contributed by atoms with Crippen LogP contribution in [0, 0.1) is 3.57 Å². The lowest BCUT2D eigenvalue weighted by molar-refractivity contribution is -0.123. The van der Waals surface area contributed by atoms with Gasteiger partial charge < -0.3 is 14.2 Å². The summed E-state index contributed by atoms with van der Waals surface area (Å²) in [5, 5.41) is 4.42. The van der Waals surface area contributed by atoms with Crippen LogP contribution in [0.15, 0.2) is 70.2 Å². The quantitative estimate of drug-likeness (QED) is 0.184. The van der Waals surface area contributed by atoms with E-state index in [1.54, 1.807) is 37.4 Å². The predicted octanol–water partition coefficient (Wildman–Crippen LogP) is 5.82. The first-order valence-corrected chi connectivity index (χ1v) is 11.6. The van der Waals surface area contributed by atoms with Crippen molar-refractivity contribution in [3.63, 3.8) is 0 Å². The molecule has 3 aromatic rings. The molecule has 0 atom stereocenters. The highest BCUT2D eigenvalue weighted by Crippen LogP contribution is 2.34. The second-order valence-electron chi connectivity index (χ2n) is 6.46. The van der Waals surface area contributed by atoms with Crippen molar-refractivity contribution in [3.05, 3.63) is 84.9 Å². The number of carbonyl (C=O) groups excluding carboxylic acids is 1. The monoisotopic (exact) mass is 628 g/mol. The lowest BCUT2D eigenvalue weighted by Crippen LogP contribution is -2.24. The van der Waals surface area contributed by atoms with Crippen LogP contribution in [0.1, 0.15) is 11.1 Å². The standard InChI is InChI=1S/C23H19BrClIN2O4/c1-30-21-11-16(10-19(26)23(21)32-13-15-6-8-17(24)9-7-15)12-27-28-22(29)14-31-20-5-3-2-4-18(20)25/h2-12H,13-14H2,1H3,(H,28,29)/b27-12-. The van der Waals surface area contributed by atoms with Gasteiger partial charge >= 0.3 is 0 Å². The number of hydrogen-bond donors (Lipinski definition) is 1. The number of nitrogens with one attached hydrogen (secondary N) is 1. The van der Waals surface area contributed by atoms with Crippen molar-refractivity contribution in [2.24, 2.45) is 5.10 Å². The van der Waals surface area contributed by atoms with Crippen LogP contribution in [-0.4, -0.2) is 25.8 Å². The Hall–Kier alpha value is -2.30. The molecule has 0 saturated carbocycles. The first-order chi connectivity index (χ1) is 15.5. The number of amides is 1.